The SMILES string of the molecule is CCOc1ccc(S(=O)(=O)C2CS(=O)(=O)CC2NCc2ccc(OC)cc2)cc1. The van der Waals surface area contributed by atoms with E-state index in [-0.39, 0.29) is 16.4 Å². The van der Waals surface area contributed by atoms with Crippen LogP contribution in [-0.2, 0) is 26.2 Å². The summed E-state index contributed by atoms with van der Waals surface area (Å²) in [6.07, 6.45) is 0. The Bertz CT molecular complexity index is 1030. The van der Waals surface area contributed by atoms with Gasteiger partial charge in [0, 0.05) is 12.6 Å². The van der Waals surface area contributed by atoms with E-state index in [4.69, 9.17) is 9.47 Å². The third kappa shape index (κ3) is 5.09. The monoisotopic (exact) mass is 439 g/mol. The quantitative estimate of drug-likeness (QED) is 0.670. The molecule has 2 aromatic carbocycles. The lowest BCUT2D eigenvalue weighted by atomic mass is 10.2. The van der Waals surface area contributed by atoms with Gasteiger partial charge in [-0.3, -0.25) is 0 Å². The van der Waals surface area contributed by atoms with Crippen LogP contribution in [0.2, 0.25) is 0 Å². The summed E-state index contributed by atoms with van der Waals surface area (Å²) in [5, 5.41) is 2.09. The number of rotatable bonds is 8. The predicted molar refractivity (Wildman–Crippen MR) is 111 cm³/mol. The van der Waals surface area contributed by atoms with E-state index in [0.717, 1.165) is 5.56 Å². The maximum atomic E-state index is 13.1. The smallest absolute Gasteiger partial charge is 0.183 e. The first-order chi connectivity index (χ1) is 13.7. The summed E-state index contributed by atoms with van der Waals surface area (Å²) in [5.41, 5.74) is 0.910. The van der Waals surface area contributed by atoms with Crippen LogP contribution in [0.25, 0.3) is 0 Å². The minimum absolute atomic E-state index is 0.0966. The standard InChI is InChI=1S/C20H25NO6S2/c1-3-27-17-8-10-18(11-9-17)29(24,25)20-14-28(22,23)13-19(20)21-12-15-4-6-16(26-2)7-5-15/h4-11,19-21H,3,12-14H2,1-2H3. The van der Waals surface area contributed by atoms with Gasteiger partial charge < -0.3 is 14.8 Å². The van der Waals surface area contributed by atoms with Crippen LogP contribution in [0.15, 0.2) is 53.4 Å². The van der Waals surface area contributed by atoms with Gasteiger partial charge in [-0.2, -0.15) is 0 Å². The van der Waals surface area contributed by atoms with Crippen LogP contribution >= 0.6 is 0 Å². The normalized spacial score (nSPS) is 21.0. The van der Waals surface area contributed by atoms with Crippen molar-refractivity contribution in [3.05, 3.63) is 54.1 Å². The van der Waals surface area contributed by atoms with Gasteiger partial charge in [-0.15, -0.1) is 0 Å². The molecule has 0 radical (unpaired) electrons. The van der Waals surface area contributed by atoms with Gasteiger partial charge in [0.05, 0.1) is 35.4 Å². The van der Waals surface area contributed by atoms with Crippen LogP contribution in [0.5, 0.6) is 11.5 Å². The summed E-state index contributed by atoms with van der Waals surface area (Å²) in [6, 6.07) is 12.7. The fourth-order valence-electron chi connectivity index (χ4n) is 3.37. The zero-order chi connectivity index (χ0) is 21.1. The van der Waals surface area contributed by atoms with Crippen LogP contribution in [-0.4, -0.2) is 53.3 Å². The minimum Gasteiger partial charge on any atom is -0.497 e. The zero-order valence-electron chi connectivity index (χ0n) is 16.4. The topological polar surface area (TPSA) is 98.8 Å². The molecule has 0 aliphatic carbocycles. The van der Waals surface area contributed by atoms with Crippen molar-refractivity contribution in [2.75, 3.05) is 25.2 Å². The van der Waals surface area contributed by atoms with Crippen molar-refractivity contribution in [1.82, 2.24) is 5.32 Å². The molecule has 1 heterocycles. The Kier molecular flexibility index (Phi) is 6.50. The Hall–Kier alpha value is -2.10. The van der Waals surface area contributed by atoms with E-state index in [2.05, 4.69) is 5.32 Å². The molecule has 158 valence electrons. The fraction of sp³-hybridized carbons (Fsp3) is 0.400. The molecular formula is C20H25NO6S2. The van der Waals surface area contributed by atoms with E-state index in [1.807, 2.05) is 19.1 Å². The van der Waals surface area contributed by atoms with E-state index >= 15 is 0 Å². The molecule has 2 atom stereocenters. The molecule has 2 unspecified atom stereocenters. The second kappa shape index (κ2) is 8.73. The lowest BCUT2D eigenvalue weighted by Gasteiger charge is -2.20. The molecule has 1 N–H and O–H groups in total. The molecule has 1 aliphatic heterocycles. The van der Waals surface area contributed by atoms with Gasteiger partial charge in [0.15, 0.2) is 19.7 Å². The third-order valence-electron chi connectivity index (χ3n) is 4.89. The predicted octanol–water partition coefficient (Wildman–Crippen LogP) is 1.82. The molecule has 7 nitrogen and oxygen atoms in total. The zero-order valence-corrected chi connectivity index (χ0v) is 18.0. The number of nitrogens with one attached hydrogen (secondary N) is 1. The number of methoxy groups -OCH3 is 1. The van der Waals surface area contributed by atoms with Crippen LogP contribution in [0.4, 0.5) is 0 Å². The highest BCUT2D eigenvalue weighted by molar-refractivity contribution is 7.96. The first kappa shape index (κ1) is 21.6. The second-order valence-electron chi connectivity index (χ2n) is 6.90. The molecular weight excluding hydrogens is 414 g/mol. The van der Waals surface area contributed by atoms with Crippen LogP contribution in [0.1, 0.15) is 12.5 Å². The Morgan fingerprint density at radius 2 is 1.62 bits per heavy atom. The molecule has 9 heteroatoms. The van der Waals surface area contributed by atoms with E-state index in [1.165, 1.54) is 12.1 Å². The first-order valence-corrected chi connectivity index (χ1v) is 12.7. The highest BCUT2D eigenvalue weighted by atomic mass is 32.2. The Labute approximate surface area is 171 Å². The molecule has 1 fully saturated rings. The molecule has 1 aliphatic rings. The van der Waals surface area contributed by atoms with Gasteiger partial charge in [0.25, 0.3) is 0 Å². The molecule has 0 bridgehead atoms. The summed E-state index contributed by atoms with van der Waals surface area (Å²) in [5.74, 6) is 0.695. The minimum atomic E-state index is -3.82. The highest BCUT2D eigenvalue weighted by Crippen LogP contribution is 2.27. The molecule has 0 saturated carbocycles. The number of sulfone groups is 2. The van der Waals surface area contributed by atoms with Crippen molar-refractivity contribution in [3.8, 4) is 11.5 Å². The Morgan fingerprint density at radius 3 is 2.21 bits per heavy atom. The number of hydrogen-bond acceptors (Lipinski definition) is 7. The molecule has 0 amide bonds. The van der Waals surface area contributed by atoms with E-state index in [1.54, 1.807) is 31.4 Å². The maximum absolute atomic E-state index is 13.1. The molecule has 0 aromatic heterocycles. The number of ether oxygens (including phenoxy) is 2. The summed E-state index contributed by atoms with van der Waals surface area (Å²) < 4.78 is 61.2. The second-order valence-corrected chi connectivity index (χ2v) is 11.2. The summed E-state index contributed by atoms with van der Waals surface area (Å²) in [7, 11) is -5.70. The van der Waals surface area contributed by atoms with Gasteiger partial charge in [-0.05, 0) is 48.9 Å². The first-order valence-electron chi connectivity index (χ1n) is 9.28. The van der Waals surface area contributed by atoms with Crippen molar-refractivity contribution >= 4 is 19.7 Å². The largest absolute Gasteiger partial charge is 0.497 e. The lowest BCUT2D eigenvalue weighted by Crippen LogP contribution is -2.43. The summed E-state index contributed by atoms with van der Waals surface area (Å²) in [6.45, 7) is 2.68. The van der Waals surface area contributed by atoms with E-state index in [9.17, 15) is 16.8 Å². The van der Waals surface area contributed by atoms with Crippen LogP contribution in [0, 0.1) is 0 Å². The summed E-state index contributed by atoms with van der Waals surface area (Å²) in [4.78, 5) is 0.0966. The Balaban J connectivity index is 1.79. The highest BCUT2D eigenvalue weighted by Gasteiger charge is 2.45. The van der Waals surface area contributed by atoms with Gasteiger partial charge in [-0.1, -0.05) is 12.1 Å². The maximum Gasteiger partial charge on any atom is 0.183 e. The van der Waals surface area contributed by atoms with Crippen LogP contribution in [0.3, 0.4) is 0 Å². The molecule has 3 rings (SSSR count). The van der Waals surface area contributed by atoms with Gasteiger partial charge in [0.1, 0.15) is 11.5 Å². The average Bonchev–Trinajstić information content (AvgIpc) is 3.03. The molecule has 29 heavy (non-hydrogen) atoms. The van der Waals surface area contributed by atoms with Crippen molar-refractivity contribution in [1.29, 1.82) is 0 Å². The molecule has 2 aromatic rings. The Morgan fingerprint density at radius 1 is 1.00 bits per heavy atom. The fourth-order valence-corrected chi connectivity index (χ4v) is 8.09. The average molecular weight is 440 g/mol. The van der Waals surface area contributed by atoms with Gasteiger partial charge in [-0.25, -0.2) is 16.8 Å². The van der Waals surface area contributed by atoms with Crippen molar-refractivity contribution in [2.45, 2.75) is 29.7 Å². The summed E-state index contributed by atoms with van der Waals surface area (Å²) >= 11 is 0. The van der Waals surface area contributed by atoms with Gasteiger partial charge >= 0.3 is 0 Å². The van der Waals surface area contributed by atoms with Crippen molar-refractivity contribution in [3.63, 3.8) is 0 Å². The molecule has 1 saturated heterocycles. The van der Waals surface area contributed by atoms with E-state index in [0.29, 0.717) is 24.7 Å². The number of benzene rings is 2. The van der Waals surface area contributed by atoms with E-state index < -0.39 is 31.0 Å². The van der Waals surface area contributed by atoms with Crippen LogP contribution < -0.4 is 14.8 Å². The number of hydrogen-bond donors (Lipinski definition) is 1. The van der Waals surface area contributed by atoms with Crippen molar-refractivity contribution < 1.29 is 26.3 Å². The lowest BCUT2D eigenvalue weighted by molar-refractivity contribution is 0.340. The third-order valence-corrected chi connectivity index (χ3v) is 9.06. The molecule has 0 spiro atoms. The van der Waals surface area contributed by atoms with Gasteiger partial charge in [0.2, 0.25) is 0 Å². The van der Waals surface area contributed by atoms with Crippen molar-refractivity contribution in [2.24, 2.45) is 0 Å².